The lowest BCUT2D eigenvalue weighted by molar-refractivity contribution is 0.995. The first-order valence-corrected chi connectivity index (χ1v) is 5.13. The van der Waals surface area contributed by atoms with E-state index in [-0.39, 0.29) is 0 Å². The van der Waals surface area contributed by atoms with Gasteiger partial charge in [-0.3, -0.25) is 4.99 Å². The molecule has 0 aliphatic carbocycles. The van der Waals surface area contributed by atoms with Gasteiger partial charge in [0.05, 0.1) is 6.54 Å². The number of nitrogens with two attached hydrogens (primary N) is 1. The molecule has 3 nitrogen and oxygen atoms in total. The van der Waals surface area contributed by atoms with Gasteiger partial charge in [-0.1, -0.05) is 18.2 Å². The number of hydrogen-bond acceptors (Lipinski definition) is 4. The van der Waals surface area contributed by atoms with Crippen molar-refractivity contribution in [3.63, 3.8) is 0 Å². The molecule has 0 saturated heterocycles. The van der Waals surface area contributed by atoms with Crippen LogP contribution < -0.4 is 11.3 Å². The second kappa shape index (κ2) is 3.81. The van der Waals surface area contributed by atoms with Gasteiger partial charge < -0.3 is 5.43 Å². The zero-order valence-corrected chi connectivity index (χ0v) is 7.97. The number of hydrogen-bond donors (Lipinski definition) is 2. The fraction of sp³-hybridized carbons (Fsp3) is 0.222. The first-order valence-electron chi connectivity index (χ1n) is 4.15. The fourth-order valence-electron chi connectivity index (χ4n) is 1.31. The molecule has 1 aromatic carbocycles. The van der Waals surface area contributed by atoms with Crippen LogP contribution in [0.1, 0.15) is 5.56 Å². The van der Waals surface area contributed by atoms with E-state index in [0.717, 1.165) is 23.7 Å². The maximum absolute atomic E-state index is 5.40. The first kappa shape index (κ1) is 8.59. The van der Waals surface area contributed by atoms with Crippen LogP contribution in [0.2, 0.25) is 0 Å². The van der Waals surface area contributed by atoms with Crippen LogP contribution in [0.15, 0.2) is 34.2 Å². The standard InChI is InChI=1S/C9H11N3S/c10-12-9-7-3-1-2-4-8(7)13-6-5-11-9/h1-4H,5-6,10H2,(H,11,12). The fourth-order valence-corrected chi connectivity index (χ4v) is 2.21. The maximum Gasteiger partial charge on any atom is 0.143 e. The van der Waals surface area contributed by atoms with E-state index in [2.05, 4.69) is 16.5 Å². The molecule has 1 aliphatic heterocycles. The Labute approximate surface area is 81.4 Å². The number of thioether (sulfide) groups is 1. The monoisotopic (exact) mass is 193 g/mol. The molecular formula is C9H11N3S. The lowest BCUT2D eigenvalue weighted by atomic mass is 10.2. The summed E-state index contributed by atoms with van der Waals surface area (Å²) in [4.78, 5) is 5.59. The summed E-state index contributed by atoms with van der Waals surface area (Å²) in [5.41, 5.74) is 3.74. The largest absolute Gasteiger partial charge is 0.308 e. The minimum atomic E-state index is 0.792. The summed E-state index contributed by atoms with van der Waals surface area (Å²) in [6, 6.07) is 8.16. The molecule has 0 aromatic heterocycles. The van der Waals surface area contributed by atoms with Gasteiger partial charge in [0.25, 0.3) is 0 Å². The molecule has 0 unspecified atom stereocenters. The Balaban J connectivity index is 2.47. The maximum atomic E-state index is 5.40. The average molecular weight is 193 g/mol. The molecule has 0 fully saturated rings. The van der Waals surface area contributed by atoms with Gasteiger partial charge >= 0.3 is 0 Å². The van der Waals surface area contributed by atoms with Gasteiger partial charge in [-0.2, -0.15) is 0 Å². The van der Waals surface area contributed by atoms with Gasteiger partial charge in [0.1, 0.15) is 5.84 Å². The molecule has 0 atom stereocenters. The third-order valence-electron chi connectivity index (χ3n) is 1.90. The predicted octanol–water partition coefficient (Wildman–Crippen LogP) is 1.00. The van der Waals surface area contributed by atoms with Crippen molar-refractivity contribution < 1.29 is 0 Å². The molecule has 68 valence electrons. The summed E-state index contributed by atoms with van der Waals surface area (Å²) < 4.78 is 0. The topological polar surface area (TPSA) is 50.4 Å². The highest BCUT2D eigenvalue weighted by Crippen LogP contribution is 2.24. The van der Waals surface area contributed by atoms with Gasteiger partial charge in [-0.25, -0.2) is 5.84 Å². The van der Waals surface area contributed by atoms with Crippen molar-refractivity contribution in [1.82, 2.24) is 5.43 Å². The van der Waals surface area contributed by atoms with Crippen molar-refractivity contribution in [2.24, 2.45) is 10.8 Å². The van der Waals surface area contributed by atoms with E-state index in [4.69, 9.17) is 5.84 Å². The molecule has 0 bridgehead atoms. The Morgan fingerprint density at radius 3 is 3.08 bits per heavy atom. The summed E-state index contributed by atoms with van der Waals surface area (Å²) >= 11 is 1.82. The van der Waals surface area contributed by atoms with Crippen molar-refractivity contribution in [2.75, 3.05) is 12.3 Å². The van der Waals surface area contributed by atoms with Crippen molar-refractivity contribution >= 4 is 17.6 Å². The summed E-state index contributed by atoms with van der Waals surface area (Å²) in [7, 11) is 0. The van der Waals surface area contributed by atoms with Crippen molar-refractivity contribution in [1.29, 1.82) is 0 Å². The Hall–Kier alpha value is -1.00. The van der Waals surface area contributed by atoms with Gasteiger partial charge in [0.2, 0.25) is 0 Å². The number of fused-ring (bicyclic) bond motifs is 1. The molecule has 0 spiro atoms. The third-order valence-corrected chi connectivity index (χ3v) is 2.95. The number of nitrogens with one attached hydrogen (secondary N) is 1. The average Bonchev–Trinajstić information content (AvgIpc) is 2.39. The van der Waals surface area contributed by atoms with Crippen molar-refractivity contribution in [3.8, 4) is 0 Å². The van der Waals surface area contributed by atoms with Crippen LogP contribution in [0.5, 0.6) is 0 Å². The Bertz CT molecular complexity index is 335. The minimum Gasteiger partial charge on any atom is -0.308 e. The van der Waals surface area contributed by atoms with E-state index >= 15 is 0 Å². The molecule has 1 aromatic rings. The molecule has 13 heavy (non-hydrogen) atoms. The molecule has 3 N–H and O–H groups in total. The van der Waals surface area contributed by atoms with E-state index in [9.17, 15) is 0 Å². The Morgan fingerprint density at radius 2 is 2.23 bits per heavy atom. The van der Waals surface area contributed by atoms with E-state index in [1.54, 1.807) is 0 Å². The number of amidine groups is 1. The van der Waals surface area contributed by atoms with Gasteiger partial charge in [0, 0.05) is 16.2 Å². The van der Waals surface area contributed by atoms with E-state index in [1.165, 1.54) is 4.90 Å². The highest BCUT2D eigenvalue weighted by atomic mass is 32.2. The highest BCUT2D eigenvalue weighted by Gasteiger charge is 2.10. The second-order valence-electron chi connectivity index (χ2n) is 2.72. The normalized spacial score (nSPS) is 15.6. The van der Waals surface area contributed by atoms with Gasteiger partial charge in [0.15, 0.2) is 0 Å². The highest BCUT2D eigenvalue weighted by molar-refractivity contribution is 7.99. The lowest BCUT2D eigenvalue weighted by Crippen LogP contribution is -2.31. The summed E-state index contributed by atoms with van der Waals surface area (Å²) in [5.74, 6) is 7.21. The predicted molar refractivity (Wildman–Crippen MR) is 55.9 cm³/mol. The van der Waals surface area contributed by atoms with Crippen LogP contribution >= 0.6 is 11.8 Å². The van der Waals surface area contributed by atoms with Crippen molar-refractivity contribution in [3.05, 3.63) is 29.8 Å². The zero-order chi connectivity index (χ0) is 9.10. The molecule has 0 radical (unpaired) electrons. The second-order valence-corrected chi connectivity index (χ2v) is 3.86. The smallest absolute Gasteiger partial charge is 0.143 e. The van der Waals surface area contributed by atoms with Crippen LogP contribution in [0.25, 0.3) is 0 Å². The van der Waals surface area contributed by atoms with Crippen LogP contribution in [-0.4, -0.2) is 18.1 Å². The SMILES string of the molecule is NNC1=NCCSc2ccccc21. The molecule has 0 saturated carbocycles. The van der Waals surface area contributed by atoms with Gasteiger partial charge in [-0.05, 0) is 6.07 Å². The van der Waals surface area contributed by atoms with Crippen LogP contribution in [0.4, 0.5) is 0 Å². The van der Waals surface area contributed by atoms with Crippen LogP contribution in [0.3, 0.4) is 0 Å². The Morgan fingerprint density at radius 1 is 1.38 bits per heavy atom. The number of hydrazine groups is 1. The lowest BCUT2D eigenvalue weighted by Gasteiger charge is -2.06. The van der Waals surface area contributed by atoms with Crippen molar-refractivity contribution in [2.45, 2.75) is 4.90 Å². The van der Waals surface area contributed by atoms with E-state index < -0.39 is 0 Å². The molecule has 2 rings (SSSR count). The molecule has 0 amide bonds. The van der Waals surface area contributed by atoms with E-state index in [0.29, 0.717) is 0 Å². The van der Waals surface area contributed by atoms with Crippen LogP contribution in [-0.2, 0) is 0 Å². The number of aliphatic imine (C=N–C) groups is 1. The Kier molecular flexibility index (Phi) is 2.52. The molecule has 1 aliphatic rings. The minimum absolute atomic E-state index is 0.792. The molecule has 4 heteroatoms. The van der Waals surface area contributed by atoms with E-state index in [1.807, 2.05) is 30.0 Å². The summed E-state index contributed by atoms with van der Waals surface area (Å²) in [6.07, 6.45) is 0. The number of nitrogens with zero attached hydrogens (tertiary/aromatic N) is 1. The number of rotatable bonds is 0. The zero-order valence-electron chi connectivity index (χ0n) is 7.16. The first-order chi connectivity index (χ1) is 6.42. The number of benzene rings is 1. The summed E-state index contributed by atoms with van der Waals surface area (Å²) in [5, 5.41) is 0. The third kappa shape index (κ3) is 1.68. The quantitative estimate of drug-likeness (QED) is 0.477. The molecule has 1 heterocycles. The summed E-state index contributed by atoms with van der Waals surface area (Å²) in [6.45, 7) is 0.818. The van der Waals surface area contributed by atoms with Crippen LogP contribution in [0, 0.1) is 0 Å². The van der Waals surface area contributed by atoms with Gasteiger partial charge in [-0.15, -0.1) is 11.8 Å². The molecular weight excluding hydrogens is 182 g/mol.